The van der Waals surface area contributed by atoms with Crippen LogP contribution in [0.3, 0.4) is 0 Å². The van der Waals surface area contributed by atoms with Gasteiger partial charge in [0.15, 0.2) is 0 Å². The van der Waals surface area contributed by atoms with Gasteiger partial charge in [-0.1, -0.05) is 17.7 Å². The zero-order chi connectivity index (χ0) is 12.8. The maximum atomic E-state index is 5.70. The first-order valence-corrected chi connectivity index (χ1v) is 7.40. The minimum Gasteiger partial charge on any atom is -0.491 e. The van der Waals surface area contributed by atoms with Crippen LogP contribution >= 0.6 is 11.5 Å². The van der Waals surface area contributed by atoms with E-state index in [1.165, 1.54) is 35.5 Å². The fourth-order valence-corrected chi connectivity index (χ4v) is 3.10. The number of nitrogens with one attached hydrogen (secondary N) is 1. The first-order valence-electron chi connectivity index (χ1n) is 6.63. The van der Waals surface area contributed by atoms with Gasteiger partial charge in [-0.15, -0.1) is 0 Å². The van der Waals surface area contributed by atoms with E-state index in [1.807, 2.05) is 6.07 Å². The molecule has 1 aliphatic heterocycles. The third-order valence-electron chi connectivity index (χ3n) is 3.63. The van der Waals surface area contributed by atoms with Crippen LogP contribution < -0.4 is 10.1 Å². The molecule has 19 heavy (non-hydrogen) atoms. The van der Waals surface area contributed by atoms with Gasteiger partial charge in [-0.25, -0.2) is 4.98 Å². The predicted molar refractivity (Wildman–Crippen MR) is 74.9 cm³/mol. The number of hydrogen-bond donors (Lipinski definition) is 1. The second-order valence-electron chi connectivity index (χ2n) is 5.28. The van der Waals surface area contributed by atoms with E-state index in [1.54, 1.807) is 0 Å². The molecular formula is C14H15N3OS. The van der Waals surface area contributed by atoms with Crippen LogP contribution in [-0.4, -0.2) is 16.0 Å². The van der Waals surface area contributed by atoms with Gasteiger partial charge in [0.1, 0.15) is 18.2 Å². The average molecular weight is 273 g/mol. The van der Waals surface area contributed by atoms with Crippen LogP contribution in [0.15, 0.2) is 18.2 Å². The molecular weight excluding hydrogens is 258 g/mol. The molecule has 4 nitrogen and oxygen atoms in total. The van der Waals surface area contributed by atoms with Crippen molar-refractivity contribution in [3.63, 3.8) is 0 Å². The lowest BCUT2D eigenvalue weighted by atomic mass is 10.1. The van der Waals surface area contributed by atoms with Crippen molar-refractivity contribution in [1.82, 2.24) is 9.36 Å². The van der Waals surface area contributed by atoms with Gasteiger partial charge in [0.05, 0.1) is 6.04 Å². The third-order valence-corrected chi connectivity index (χ3v) is 4.29. The van der Waals surface area contributed by atoms with Gasteiger partial charge in [-0.3, -0.25) is 0 Å². The minimum atomic E-state index is 0.190. The summed E-state index contributed by atoms with van der Waals surface area (Å²) >= 11 is 1.46. The highest BCUT2D eigenvalue weighted by Crippen LogP contribution is 2.40. The van der Waals surface area contributed by atoms with Crippen molar-refractivity contribution in [3.8, 4) is 5.75 Å². The lowest BCUT2D eigenvalue weighted by Gasteiger charge is -2.09. The number of aryl methyl sites for hydroxylation is 1. The minimum absolute atomic E-state index is 0.190. The van der Waals surface area contributed by atoms with Gasteiger partial charge in [0, 0.05) is 23.0 Å². The zero-order valence-electron chi connectivity index (χ0n) is 10.7. The van der Waals surface area contributed by atoms with Crippen LogP contribution in [0, 0.1) is 6.92 Å². The first-order chi connectivity index (χ1) is 9.29. The first kappa shape index (κ1) is 11.2. The van der Waals surface area contributed by atoms with Crippen molar-refractivity contribution >= 4 is 16.7 Å². The molecule has 1 atom stereocenters. The van der Waals surface area contributed by atoms with Crippen molar-refractivity contribution in [2.24, 2.45) is 0 Å². The zero-order valence-corrected chi connectivity index (χ0v) is 11.5. The van der Waals surface area contributed by atoms with Crippen molar-refractivity contribution in [1.29, 1.82) is 0 Å². The SMILES string of the molecule is Cc1ccc2c(c1)C(Nc1nc(C3CC3)ns1)CO2. The molecule has 0 amide bonds. The van der Waals surface area contributed by atoms with Gasteiger partial charge in [-0.05, 0) is 25.8 Å². The number of anilines is 1. The molecule has 5 heteroatoms. The molecule has 1 aliphatic carbocycles. The van der Waals surface area contributed by atoms with Crippen molar-refractivity contribution in [3.05, 3.63) is 35.2 Å². The molecule has 2 heterocycles. The summed E-state index contributed by atoms with van der Waals surface area (Å²) in [7, 11) is 0. The Morgan fingerprint density at radius 1 is 1.37 bits per heavy atom. The molecule has 1 aromatic heterocycles. The number of fused-ring (bicyclic) bond motifs is 1. The number of ether oxygens (including phenoxy) is 1. The van der Waals surface area contributed by atoms with Crippen molar-refractivity contribution < 1.29 is 4.74 Å². The summed E-state index contributed by atoms with van der Waals surface area (Å²) in [5.41, 5.74) is 2.48. The Balaban J connectivity index is 1.56. The van der Waals surface area contributed by atoms with Crippen LogP contribution in [-0.2, 0) is 0 Å². The van der Waals surface area contributed by atoms with E-state index in [-0.39, 0.29) is 6.04 Å². The molecule has 1 saturated carbocycles. The maximum absolute atomic E-state index is 5.70. The van der Waals surface area contributed by atoms with Crippen molar-refractivity contribution in [2.75, 3.05) is 11.9 Å². The van der Waals surface area contributed by atoms with Crippen molar-refractivity contribution in [2.45, 2.75) is 31.7 Å². The largest absolute Gasteiger partial charge is 0.491 e. The van der Waals surface area contributed by atoms with Gasteiger partial charge >= 0.3 is 0 Å². The van der Waals surface area contributed by atoms with Crippen LogP contribution in [0.25, 0.3) is 0 Å². The Labute approximate surface area is 116 Å². The van der Waals surface area contributed by atoms with Crippen LogP contribution in [0.5, 0.6) is 5.75 Å². The number of benzene rings is 1. The Kier molecular flexibility index (Phi) is 2.48. The molecule has 1 N–H and O–H groups in total. The topological polar surface area (TPSA) is 47.0 Å². The second kappa shape index (κ2) is 4.20. The Morgan fingerprint density at radius 2 is 2.26 bits per heavy atom. The van der Waals surface area contributed by atoms with Crippen LogP contribution in [0.4, 0.5) is 5.13 Å². The normalized spacial score (nSPS) is 21.0. The predicted octanol–water partition coefficient (Wildman–Crippen LogP) is 3.27. The summed E-state index contributed by atoms with van der Waals surface area (Å²) in [5.74, 6) is 2.60. The number of rotatable bonds is 3. The van der Waals surface area contributed by atoms with E-state index in [0.29, 0.717) is 12.5 Å². The molecule has 2 aromatic rings. The van der Waals surface area contributed by atoms with E-state index < -0.39 is 0 Å². The van der Waals surface area contributed by atoms with E-state index in [2.05, 4.69) is 33.7 Å². The van der Waals surface area contributed by atoms with E-state index >= 15 is 0 Å². The smallest absolute Gasteiger partial charge is 0.203 e. The molecule has 1 aromatic carbocycles. The average Bonchev–Trinajstić information content (AvgIpc) is 3.04. The fourth-order valence-electron chi connectivity index (χ4n) is 2.40. The summed E-state index contributed by atoms with van der Waals surface area (Å²) in [4.78, 5) is 4.57. The standard InChI is InChI=1S/C14H15N3OS/c1-8-2-5-12-10(6-8)11(7-18-12)15-14-16-13(17-19-14)9-3-4-9/h2,5-6,9,11H,3-4,7H2,1H3,(H,15,16,17). The molecule has 98 valence electrons. The summed E-state index contributed by atoms with van der Waals surface area (Å²) < 4.78 is 10.1. The highest BCUT2D eigenvalue weighted by atomic mass is 32.1. The van der Waals surface area contributed by atoms with Gasteiger partial charge < -0.3 is 10.1 Å². The lowest BCUT2D eigenvalue weighted by molar-refractivity contribution is 0.340. The molecule has 0 bridgehead atoms. The lowest BCUT2D eigenvalue weighted by Crippen LogP contribution is -2.11. The van der Waals surface area contributed by atoms with Gasteiger partial charge in [0.25, 0.3) is 0 Å². The molecule has 1 unspecified atom stereocenters. The number of hydrogen-bond acceptors (Lipinski definition) is 5. The Hall–Kier alpha value is -1.62. The number of nitrogens with zero attached hydrogens (tertiary/aromatic N) is 2. The van der Waals surface area contributed by atoms with E-state index in [0.717, 1.165) is 16.7 Å². The maximum Gasteiger partial charge on any atom is 0.203 e. The van der Waals surface area contributed by atoms with Gasteiger partial charge in [0.2, 0.25) is 5.13 Å². The Bertz CT molecular complexity index is 621. The molecule has 0 spiro atoms. The quantitative estimate of drug-likeness (QED) is 0.932. The summed E-state index contributed by atoms with van der Waals surface area (Å²) in [6.07, 6.45) is 2.48. The fraction of sp³-hybridized carbons (Fsp3) is 0.429. The second-order valence-corrected chi connectivity index (χ2v) is 6.03. The van der Waals surface area contributed by atoms with E-state index in [9.17, 15) is 0 Å². The summed E-state index contributed by atoms with van der Waals surface area (Å²) in [6.45, 7) is 2.77. The van der Waals surface area contributed by atoms with Crippen LogP contribution in [0.2, 0.25) is 0 Å². The van der Waals surface area contributed by atoms with Crippen LogP contribution in [0.1, 0.15) is 41.8 Å². The molecule has 0 saturated heterocycles. The van der Waals surface area contributed by atoms with Gasteiger partial charge in [-0.2, -0.15) is 4.37 Å². The molecule has 4 rings (SSSR count). The molecule has 2 aliphatic rings. The summed E-state index contributed by atoms with van der Waals surface area (Å²) in [6, 6.07) is 6.50. The highest BCUT2D eigenvalue weighted by molar-refractivity contribution is 7.09. The monoisotopic (exact) mass is 273 g/mol. The third kappa shape index (κ3) is 2.08. The highest BCUT2D eigenvalue weighted by Gasteiger charge is 2.29. The Morgan fingerprint density at radius 3 is 3.11 bits per heavy atom. The molecule has 0 radical (unpaired) electrons. The van der Waals surface area contributed by atoms with E-state index in [4.69, 9.17) is 4.74 Å². The molecule has 1 fully saturated rings. The number of aromatic nitrogens is 2. The summed E-state index contributed by atoms with van der Waals surface area (Å²) in [5, 5.41) is 4.35.